The third-order valence-corrected chi connectivity index (χ3v) is 3.09. The molecule has 0 saturated heterocycles. The number of rotatable bonds is 5. The van der Waals surface area contributed by atoms with E-state index in [-0.39, 0.29) is 0 Å². The van der Waals surface area contributed by atoms with Crippen LogP contribution in [0.5, 0.6) is 0 Å². The second-order valence-electron chi connectivity index (χ2n) is 4.35. The maximum atomic E-state index is 11.7. The van der Waals surface area contributed by atoms with Gasteiger partial charge in [-0.3, -0.25) is 4.79 Å². The van der Waals surface area contributed by atoms with E-state index >= 15 is 0 Å². The van der Waals surface area contributed by atoms with Crippen LogP contribution < -0.4 is 5.32 Å². The fourth-order valence-electron chi connectivity index (χ4n) is 2.09. The number of methoxy groups -OCH3 is 1. The molecule has 1 atom stereocenters. The van der Waals surface area contributed by atoms with Crippen LogP contribution in [-0.4, -0.2) is 30.0 Å². The normalized spacial score (nSPS) is 11.8. The highest BCUT2D eigenvalue weighted by Gasteiger charge is 2.22. The molecular formula is C15H16N2O3. The predicted octanol–water partition coefficient (Wildman–Crippen LogP) is 1.55. The summed E-state index contributed by atoms with van der Waals surface area (Å²) in [5, 5.41) is 3.60. The number of ether oxygens (including phenoxy) is 1. The molecule has 0 spiro atoms. The SMILES string of the molecule is C=CC(=O)N[C@H](Cc1c[nH]c2ccccc12)C(=O)OC. The summed E-state index contributed by atoms with van der Waals surface area (Å²) in [5.41, 5.74) is 1.93. The first-order valence-corrected chi connectivity index (χ1v) is 6.21. The van der Waals surface area contributed by atoms with Gasteiger partial charge in [-0.15, -0.1) is 0 Å². The van der Waals surface area contributed by atoms with Gasteiger partial charge in [0.25, 0.3) is 0 Å². The number of esters is 1. The van der Waals surface area contributed by atoms with E-state index in [1.807, 2.05) is 30.5 Å². The molecule has 5 nitrogen and oxygen atoms in total. The van der Waals surface area contributed by atoms with Crippen molar-refractivity contribution in [3.63, 3.8) is 0 Å². The van der Waals surface area contributed by atoms with Crippen molar-refractivity contribution in [2.45, 2.75) is 12.5 Å². The first kappa shape index (κ1) is 13.9. The van der Waals surface area contributed by atoms with E-state index in [4.69, 9.17) is 4.74 Å². The highest BCUT2D eigenvalue weighted by atomic mass is 16.5. The van der Waals surface area contributed by atoms with Crippen molar-refractivity contribution in [1.82, 2.24) is 10.3 Å². The summed E-state index contributed by atoms with van der Waals surface area (Å²) in [6, 6.07) is 7.04. The van der Waals surface area contributed by atoms with Crippen molar-refractivity contribution in [3.05, 3.63) is 48.7 Å². The van der Waals surface area contributed by atoms with E-state index in [9.17, 15) is 9.59 Å². The Kier molecular flexibility index (Phi) is 4.20. The van der Waals surface area contributed by atoms with E-state index in [0.717, 1.165) is 22.5 Å². The number of hydrogen-bond donors (Lipinski definition) is 2. The summed E-state index contributed by atoms with van der Waals surface area (Å²) >= 11 is 0. The second-order valence-corrected chi connectivity index (χ2v) is 4.35. The Morgan fingerprint density at radius 2 is 2.20 bits per heavy atom. The average molecular weight is 272 g/mol. The molecule has 0 aliphatic heterocycles. The van der Waals surface area contributed by atoms with Gasteiger partial charge in [0.05, 0.1) is 7.11 Å². The fraction of sp³-hybridized carbons (Fsp3) is 0.200. The molecule has 0 radical (unpaired) electrons. The number of carbonyl (C=O) groups excluding carboxylic acids is 2. The summed E-state index contributed by atoms with van der Waals surface area (Å²) < 4.78 is 4.72. The number of aromatic amines is 1. The van der Waals surface area contributed by atoms with E-state index in [0.29, 0.717) is 6.42 Å². The lowest BCUT2D eigenvalue weighted by molar-refractivity contribution is -0.144. The molecule has 1 amide bonds. The Morgan fingerprint density at radius 1 is 1.45 bits per heavy atom. The van der Waals surface area contributed by atoms with Crippen LogP contribution in [0.2, 0.25) is 0 Å². The number of carbonyl (C=O) groups is 2. The molecule has 0 fully saturated rings. The van der Waals surface area contributed by atoms with Crippen LogP contribution in [0.3, 0.4) is 0 Å². The number of para-hydroxylation sites is 1. The highest BCUT2D eigenvalue weighted by Crippen LogP contribution is 2.19. The minimum atomic E-state index is -0.732. The summed E-state index contributed by atoms with van der Waals surface area (Å²) in [7, 11) is 1.30. The molecule has 1 aromatic heterocycles. The second kappa shape index (κ2) is 6.06. The first-order valence-electron chi connectivity index (χ1n) is 6.21. The Balaban J connectivity index is 2.24. The number of aromatic nitrogens is 1. The van der Waals surface area contributed by atoms with Gasteiger partial charge in [-0.05, 0) is 17.7 Å². The van der Waals surface area contributed by atoms with Crippen LogP contribution in [0.25, 0.3) is 10.9 Å². The van der Waals surface area contributed by atoms with Crippen molar-refractivity contribution >= 4 is 22.8 Å². The Bertz CT molecular complexity index is 645. The van der Waals surface area contributed by atoms with Gasteiger partial charge in [0, 0.05) is 23.5 Å². The van der Waals surface area contributed by atoms with Crippen LogP contribution in [0, 0.1) is 0 Å². The van der Waals surface area contributed by atoms with Crippen LogP contribution in [0.4, 0.5) is 0 Å². The van der Waals surface area contributed by atoms with Crippen molar-refractivity contribution in [1.29, 1.82) is 0 Å². The Hall–Kier alpha value is -2.56. The lowest BCUT2D eigenvalue weighted by Crippen LogP contribution is -2.42. The third-order valence-electron chi connectivity index (χ3n) is 3.09. The van der Waals surface area contributed by atoms with Crippen molar-refractivity contribution in [2.24, 2.45) is 0 Å². The quantitative estimate of drug-likeness (QED) is 0.641. The molecule has 5 heteroatoms. The zero-order chi connectivity index (χ0) is 14.5. The molecular weight excluding hydrogens is 256 g/mol. The van der Waals surface area contributed by atoms with Gasteiger partial charge in [0.15, 0.2) is 0 Å². The van der Waals surface area contributed by atoms with Crippen LogP contribution >= 0.6 is 0 Å². The van der Waals surface area contributed by atoms with Crippen molar-refractivity contribution < 1.29 is 14.3 Å². The van der Waals surface area contributed by atoms with Gasteiger partial charge < -0.3 is 15.0 Å². The smallest absolute Gasteiger partial charge is 0.328 e. The van der Waals surface area contributed by atoms with Crippen molar-refractivity contribution in [2.75, 3.05) is 7.11 Å². The summed E-state index contributed by atoms with van der Waals surface area (Å²) in [4.78, 5) is 26.3. The van der Waals surface area contributed by atoms with Gasteiger partial charge >= 0.3 is 5.97 Å². The maximum Gasteiger partial charge on any atom is 0.328 e. The largest absolute Gasteiger partial charge is 0.467 e. The molecule has 2 N–H and O–H groups in total. The van der Waals surface area contributed by atoms with E-state index in [2.05, 4.69) is 16.9 Å². The van der Waals surface area contributed by atoms with Crippen LogP contribution in [-0.2, 0) is 20.7 Å². The Morgan fingerprint density at radius 3 is 2.90 bits per heavy atom. The summed E-state index contributed by atoms with van der Waals surface area (Å²) in [6.45, 7) is 3.38. The van der Waals surface area contributed by atoms with E-state index < -0.39 is 17.9 Å². The third kappa shape index (κ3) is 2.88. The lowest BCUT2D eigenvalue weighted by atomic mass is 10.0. The predicted molar refractivity (Wildman–Crippen MR) is 76.1 cm³/mol. The minimum Gasteiger partial charge on any atom is -0.467 e. The number of benzene rings is 1. The minimum absolute atomic E-state index is 0.357. The van der Waals surface area contributed by atoms with E-state index in [1.165, 1.54) is 7.11 Å². The lowest BCUT2D eigenvalue weighted by Gasteiger charge is -2.15. The average Bonchev–Trinajstić information content (AvgIpc) is 2.89. The zero-order valence-corrected chi connectivity index (χ0v) is 11.2. The highest BCUT2D eigenvalue weighted by molar-refractivity contribution is 5.91. The molecule has 0 unspecified atom stereocenters. The number of nitrogens with one attached hydrogen (secondary N) is 2. The molecule has 20 heavy (non-hydrogen) atoms. The number of H-pyrrole nitrogens is 1. The number of fused-ring (bicyclic) bond motifs is 1. The van der Waals surface area contributed by atoms with Gasteiger partial charge in [-0.2, -0.15) is 0 Å². The molecule has 0 saturated carbocycles. The molecule has 2 aromatic rings. The number of amides is 1. The molecule has 0 aliphatic carbocycles. The van der Waals surface area contributed by atoms with Crippen LogP contribution in [0.1, 0.15) is 5.56 Å². The molecule has 1 heterocycles. The van der Waals surface area contributed by atoms with Gasteiger partial charge in [0.1, 0.15) is 6.04 Å². The standard InChI is InChI=1S/C15H16N2O3/c1-3-14(18)17-13(15(19)20-2)8-10-9-16-12-7-5-4-6-11(10)12/h3-7,9,13,16H,1,8H2,2H3,(H,17,18)/t13-/m1/s1. The maximum absolute atomic E-state index is 11.7. The van der Waals surface area contributed by atoms with Crippen LogP contribution in [0.15, 0.2) is 43.1 Å². The van der Waals surface area contributed by atoms with Gasteiger partial charge in [-0.25, -0.2) is 4.79 Å². The number of hydrogen-bond acceptors (Lipinski definition) is 3. The molecule has 104 valence electrons. The van der Waals surface area contributed by atoms with Gasteiger partial charge in [-0.1, -0.05) is 24.8 Å². The fourth-order valence-corrected chi connectivity index (χ4v) is 2.09. The molecule has 1 aromatic carbocycles. The van der Waals surface area contributed by atoms with Gasteiger partial charge in [0.2, 0.25) is 5.91 Å². The molecule has 0 aliphatic rings. The zero-order valence-electron chi connectivity index (χ0n) is 11.2. The first-order chi connectivity index (χ1) is 9.65. The topological polar surface area (TPSA) is 71.2 Å². The monoisotopic (exact) mass is 272 g/mol. The van der Waals surface area contributed by atoms with Crippen molar-refractivity contribution in [3.8, 4) is 0 Å². The summed E-state index contributed by atoms with van der Waals surface area (Å²) in [6.07, 6.45) is 3.32. The van der Waals surface area contributed by atoms with E-state index in [1.54, 1.807) is 0 Å². The Labute approximate surface area is 116 Å². The summed E-state index contributed by atoms with van der Waals surface area (Å²) in [5.74, 6) is -0.884. The molecule has 2 rings (SSSR count). The molecule has 0 bridgehead atoms.